The maximum atomic E-state index is 12.9. The third-order valence-corrected chi connectivity index (χ3v) is 6.26. The van der Waals surface area contributed by atoms with Crippen molar-refractivity contribution in [2.45, 2.75) is 43.9 Å². The minimum Gasteiger partial charge on any atom is -0.508 e. The molecule has 7 heteroatoms. The van der Waals surface area contributed by atoms with E-state index in [2.05, 4.69) is 4.90 Å². The highest BCUT2D eigenvalue weighted by atomic mass is 19.4. The van der Waals surface area contributed by atoms with Crippen molar-refractivity contribution in [3.05, 3.63) is 65.2 Å². The van der Waals surface area contributed by atoms with E-state index < -0.39 is 11.7 Å². The number of nitrogens with zero attached hydrogens (tertiary/aromatic N) is 2. The molecular formula is C23H25F3N2O2. The Morgan fingerprint density at radius 2 is 1.53 bits per heavy atom. The summed E-state index contributed by atoms with van der Waals surface area (Å²) in [5.74, 6) is 0.764. The Kier molecular flexibility index (Phi) is 5.73. The Balaban J connectivity index is 1.32. The molecule has 30 heavy (non-hydrogen) atoms. The Bertz CT molecular complexity index is 873. The number of phenols is 1. The summed E-state index contributed by atoms with van der Waals surface area (Å²) >= 11 is 0. The molecule has 160 valence electrons. The Hall–Kier alpha value is -2.54. The van der Waals surface area contributed by atoms with Crippen LogP contribution in [0.25, 0.3) is 0 Å². The molecular weight excluding hydrogens is 393 g/mol. The highest BCUT2D eigenvalue weighted by Crippen LogP contribution is 2.32. The van der Waals surface area contributed by atoms with E-state index in [-0.39, 0.29) is 17.7 Å². The maximum absolute atomic E-state index is 12.9. The second kappa shape index (κ2) is 8.30. The molecule has 2 fully saturated rings. The van der Waals surface area contributed by atoms with Crippen LogP contribution in [0.2, 0.25) is 0 Å². The number of piperidine rings is 1. The van der Waals surface area contributed by atoms with Crippen LogP contribution in [0, 0.1) is 0 Å². The van der Waals surface area contributed by atoms with Gasteiger partial charge in [0.15, 0.2) is 0 Å². The van der Waals surface area contributed by atoms with E-state index in [1.807, 2.05) is 12.1 Å². The Labute approximate surface area is 173 Å². The average Bonchev–Trinajstić information content (AvgIpc) is 3.09. The number of rotatable bonds is 4. The van der Waals surface area contributed by atoms with Crippen LogP contribution in [0.1, 0.15) is 41.9 Å². The van der Waals surface area contributed by atoms with Crippen LogP contribution in [0.15, 0.2) is 48.5 Å². The number of alkyl halides is 3. The molecule has 0 aromatic heterocycles. The molecule has 2 aromatic carbocycles. The zero-order valence-electron chi connectivity index (χ0n) is 16.6. The normalized spacial score (nSPS) is 21.4. The van der Waals surface area contributed by atoms with Gasteiger partial charge in [-0.05, 0) is 73.7 Å². The first-order valence-electron chi connectivity index (χ1n) is 10.3. The minimum atomic E-state index is -4.35. The highest BCUT2D eigenvalue weighted by molar-refractivity contribution is 5.84. The van der Waals surface area contributed by atoms with Crippen molar-refractivity contribution < 1.29 is 23.1 Å². The fraction of sp³-hybridized carbons (Fsp3) is 0.435. The molecule has 0 spiro atoms. The average molecular weight is 418 g/mol. The standard InChI is InChI=1S/C23H25F3N2O2/c24-23(25,26)19-5-1-16(2-6-19)15-28-14-11-21(22(28)30)27-12-9-18(10-13-27)17-3-7-20(29)8-4-17/h1-8,18,21,29H,9-15H2. The van der Waals surface area contributed by atoms with Crippen molar-refractivity contribution in [3.8, 4) is 5.75 Å². The molecule has 4 rings (SSSR count). The van der Waals surface area contributed by atoms with Crippen LogP contribution in [-0.2, 0) is 17.5 Å². The molecule has 1 N–H and O–H groups in total. The number of hydrogen-bond donors (Lipinski definition) is 1. The highest BCUT2D eigenvalue weighted by Gasteiger charge is 2.37. The monoisotopic (exact) mass is 418 g/mol. The van der Waals surface area contributed by atoms with Crippen LogP contribution in [0.4, 0.5) is 13.2 Å². The van der Waals surface area contributed by atoms with Crippen LogP contribution in [-0.4, -0.2) is 46.5 Å². The number of carbonyl (C=O) groups is 1. The SMILES string of the molecule is O=C1C(N2CCC(c3ccc(O)cc3)CC2)CCN1Cc1ccc(C(F)(F)F)cc1. The topological polar surface area (TPSA) is 43.8 Å². The number of likely N-dealkylation sites (tertiary alicyclic amines) is 2. The third-order valence-electron chi connectivity index (χ3n) is 6.26. The van der Waals surface area contributed by atoms with E-state index in [0.29, 0.717) is 24.6 Å². The summed E-state index contributed by atoms with van der Waals surface area (Å²) in [6.45, 7) is 2.66. The number of amides is 1. The lowest BCUT2D eigenvalue weighted by atomic mass is 9.89. The molecule has 1 atom stereocenters. The van der Waals surface area contributed by atoms with E-state index in [0.717, 1.165) is 44.5 Å². The smallest absolute Gasteiger partial charge is 0.416 e. The Morgan fingerprint density at radius 1 is 0.900 bits per heavy atom. The van der Waals surface area contributed by atoms with Gasteiger partial charge >= 0.3 is 6.18 Å². The van der Waals surface area contributed by atoms with E-state index >= 15 is 0 Å². The van der Waals surface area contributed by atoms with Gasteiger partial charge in [0.1, 0.15) is 5.75 Å². The van der Waals surface area contributed by atoms with E-state index in [1.54, 1.807) is 17.0 Å². The van der Waals surface area contributed by atoms with Gasteiger partial charge in [-0.15, -0.1) is 0 Å². The third kappa shape index (κ3) is 4.46. The lowest BCUT2D eigenvalue weighted by molar-refractivity contribution is -0.137. The maximum Gasteiger partial charge on any atom is 0.416 e. The van der Waals surface area contributed by atoms with Crippen molar-refractivity contribution in [2.75, 3.05) is 19.6 Å². The second-order valence-electron chi connectivity index (χ2n) is 8.16. The summed E-state index contributed by atoms with van der Waals surface area (Å²) in [4.78, 5) is 16.9. The summed E-state index contributed by atoms with van der Waals surface area (Å²) in [7, 11) is 0. The molecule has 0 radical (unpaired) electrons. The van der Waals surface area contributed by atoms with Crippen LogP contribution >= 0.6 is 0 Å². The Morgan fingerprint density at radius 3 is 2.13 bits per heavy atom. The predicted molar refractivity (Wildman–Crippen MR) is 107 cm³/mol. The first-order valence-corrected chi connectivity index (χ1v) is 10.3. The molecule has 1 unspecified atom stereocenters. The summed E-state index contributed by atoms with van der Waals surface area (Å²) in [6, 6.07) is 12.2. The molecule has 2 saturated heterocycles. The van der Waals surface area contributed by atoms with Gasteiger partial charge in [-0.2, -0.15) is 13.2 Å². The first-order chi connectivity index (χ1) is 14.3. The predicted octanol–water partition coefficient (Wildman–Crippen LogP) is 4.39. The number of phenolic OH excluding ortho intramolecular Hbond substituents is 1. The zero-order chi connectivity index (χ0) is 21.3. The molecule has 4 nitrogen and oxygen atoms in total. The van der Waals surface area contributed by atoms with Crippen molar-refractivity contribution in [3.63, 3.8) is 0 Å². The summed E-state index contributed by atoms with van der Waals surface area (Å²) in [5.41, 5.74) is 1.26. The van der Waals surface area contributed by atoms with Crippen molar-refractivity contribution in [1.29, 1.82) is 0 Å². The lowest BCUT2D eigenvalue weighted by Crippen LogP contribution is -2.45. The fourth-order valence-corrected chi connectivity index (χ4v) is 4.53. The second-order valence-corrected chi connectivity index (χ2v) is 8.16. The van der Waals surface area contributed by atoms with Crippen LogP contribution in [0.3, 0.4) is 0 Å². The molecule has 2 heterocycles. The van der Waals surface area contributed by atoms with E-state index in [1.165, 1.54) is 17.7 Å². The minimum absolute atomic E-state index is 0.0676. The summed E-state index contributed by atoms with van der Waals surface area (Å²) in [6.07, 6.45) is -1.66. The molecule has 2 aromatic rings. The fourth-order valence-electron chi connectivity index (χ4n) is 4.53. The molecule has 2 aliphatic heterocycles. The van der Waals surface area contributed by atoms with Gasteiger partial charge in [-0.3, -0.25) is 9.69 Å². The number of carbonyl (C=O) groups excluding carboxylic acids is 1. The van der Waals surface area contributed by atoms with Crippen LogP contribution in [0.5, 0.6) is 5.75 Å². The number of aromatic hydroxyl groups is 1. The van der Waals surface area contributed by atoms with Gasteiger partial charge in [0.2, 0.25) is 5.91 Å². The molecule has 1 amide bonds. The van der Waals surface area contributed by atoms with E-state index in [9.17, 15) is 23.1 Å². The van der Waals surface area contributed by atoms with Gasteiger partial charge in [-0.1, -0.05) is 24.3 Å². The zero-order valence-corrected chi connectivity index (χ0v) is 16.6. The largest absolute Gasteiger partial charge is 0.508 e. The van der Waals surface area contributed by atoms with Crippen LogP contribution < -0.4 is 0 Å². The first kappa shape index (κ1) is 20.7. The van der Waals surface area contributed by atoms with Gasteiger partial charge in [0.05, 0.1) is 11.6 Å². The molecule has 0 aliphatic carbocycles. The summed E-state index contributed by atoms with van der Waals surface area (Å²) < 4.78 is 38.1. The summed E-state index contributed by atoms with van der Waals surface area (Å²) in [5, 5.41) is 9.45. The van der Waals surface area contributed by atoms with Gasteiger partial charge in [-0.25, -0.2) is 0 Å². The number of hydrogen-bond acceptors (Lipinski definition) is 3. The van der Waals surface area contributed by atoms with E-state index in [4.69, 9.17) is 0 Å². The number of benzene rings is 2. The van der Waals surface area contributed by atoms with Gasteiger partial charge in [0, 0.05) is 13.1 Å². The van der Waals surface area contributed by atoms with Gasteiger partial charge < -0.3 is 10.0 Å². The lowest BCUT2D eigenvalue weighted by Gasteiger charge is -2.35. The van der Waals surface area contributed by atoms with Gasteiger partial charge in [0.25, 0.3) is 0 Å². The van der Waals surface area contributed by atoms with Crippen molar-refractivity contribution >= 4 is 5.91 Å². The quantitative estimate of drug-likeness (QED) is 0.801. The van der Waals surface area contributed by atoms with Crippen molar-refractivity contribution in [1.82, 2.24) is 9.80 Å². The molecule has 0 bridgehead atoms. The molecule has 0 saturated carbocycles. The molecule has 2 aliphatic rings. The van der Waals surface area contributed by atoms with Crippen molar-refractivity contribution in [2.24, 2.45) is 0 Å². The number of halogens is 3.